The van der Waals surface area contributed by atoms with Gasteiger partial charge in [0.15, 0.2) is 0 Å². The van der Waals surface area contributed by atoms with Crippen molar-refractivity contribution in [3.63, 3.8) is 0 Å². The minimum Gasteiger partial charge on any atom is -0.493 e. The van der Waals surface area contributed by atoms with Crippen LogP contribution in [0.3, 0.4) is 0 Å². The standard InChI is InChI=1S/C14H23NO/c1-11(2)12-7-5-6-8-13(12)16-10-14(3,4)9-15/h5-8,11H,9-10,15H2,1-4H3. The monoisotopic (exact) mass is 221 g/mol. The Kier molecular flexibility index (Phi) is 4.36. The van der Waals surface area contributed by atoms with Crippen LogP contribution in [0.1, 0.15) is 39.2 Å². The average Bonchev–Trinajstić information content (AvgIpc) is 2.27. The van der Waals surface area contributed by atoms with Crippen LogP contribution in [0.4, 0.5) is 0 Å². The summed E-state index contributed by atoms with van der Waals surface area (Å²) in [4.78, 5) is 0. The summed E-state index contributed by atoms with van der Waals surface area (Å²) in [5.41, 5.74) is 6.98. The predicted molar refractivity (Wildman–Crippen MR) is 68.9 cm³/mol. The molecule has 2 N–H and O–H groups in total. The van der Waals surface area contributed by atoms with Gasteiger partial charge in [-0.2, -0.15) is 0 Å². The van der Waals surface area contributed by atoms with Crippen LogP contribution in [-0.4, -0.2) is 13.2 Å². The maximum Gasteiger partial charge on any atom is 0.122 e. The summed E-state index contributed by atoms with van der Waals surface area (Å²) < 4.78 is 5.87. The van der Waals surface area contributed by atoms with E-state index in [-0.39, 0.29) is 5.41 Å². The third-order valence-corrected chi connectivity index (χ3v) is 2.71. The normalized spacial score (nSPS) is 11.9. The molecule has 0 heterocycles. The molecule has 0 unspecified atom stereocenters. The van der Waals surface area contributed by atoms with Gasteiger partial charge >= 0.3 is 0 Å². The van der Waals surface area contributed by atoms with Crippen LogP contribution in [0, 0.1) is 5.41 Å². The molecule has 90 valence electrons. The third kappa shape index (κ3) is 3.53. The summed E-state index contributed by atoms with van der Waals surface area (Å²) in [6.45, 7) is 9.88. The molecule has 0 aromatic heterocycles. The first-order valence-electron chi connectivity index (χ1n) is 5.88. The Bertz CT molecular complexity index is 331. The van der Waals surface area contributed by atoms with Crippen LogP contribution in [0.5, 0.6) is 5.75 Å². The van der Waals surface area contributed by atoms with Crippen molar-refractivity contribution in [3.8, 4) is 5.75 Å². The number of hydrogen-bond donors (Lipinski definition) is 1. The first kappa shape index (κ1) is 13.0. The summed E-state index contributed by atoms with van der Waals surface area (Å²) >= 11 is 0. The first-order valence-corrected chi connectivity index (χ1v) is 5.88. The number of hydrogen-bond acceptors (Lipinski definition) is 2. The van der Waals surface area contributed by atoms with E-state index in [0.717, 1.165) is 5.75 Å². The molecular formula is C14H23NO. The van der Waals surface area contributed by atoms with Crippen molar-refractivity contribution in [2.75, 3.05) is 13.2 Å². The molecule has 1 rings (SSSR count). The molecule has 0 saturated heterocycles. The van der Waals surface area contributed by atoms with Crippen LogP contribution >= 0.6 is 0 Å². The van der Waals surface area contributed by atoms with E-state index in [1.807, 2.05) is 12.1 Å². The van der Waals surface area contributed by atoms with Gasteiger partial charge in [0.1, 0.15) is 5.75 Å². The molecule has 0 aliphatic rings. The molecule has 0 bridgehead atoms. The zero-order chi connectivity index (χ0) is 12.2. The summed E-state index contributed by atoms with van der Waals surface area (Å²) in [5.74, 6) is 1.47. The van der Waals surface area contributed by atoms with Crippen molar-refractivity contribution < 1.29 is 4.74 Å². The number of nitrogens with two attached hydrogens (primary N) is 1. The van der Waals surface area contributed by atoms with Crippen molar-refractivity contribution in [2.24, 2.45) is 11.1 Å². The van der Waals surface area contributed by atoms with Crippen LogP contribution in [0.25, 0.3) is 0 Å². The molecule has 1 aromatic carbocycles. The van der Waals surface area contributed by atoms with Gasteiger partial charge in [0, 0.05) is 12.0 Å². The largest absolute Gasteiger partial charge is 0.493 e. The number of ether oxygens (including phenoxy) is 1. The Hall–Kier alpha value is -1.02. The SMILES string of the molecule is CC(C)c1ccccc1OCC(C)(C)CN. The van der Waals surface area contributed by atoms with E-state index >= 15 is 0 Å². The lowest BCUT2D eigenvalue weighted by molar-refractivity contribution is 0.185. The van der Waals surface area contributed by atoms with E-state index in [9.17, 15) is 0 Å². The van der Waals surface area contributed by atoms with Gasteiger partial charge in [0.25, 0.3) is 0 Å². The van der Waals surface area contributed by atoms with Crippen molar-refractivity contribution in [1.29, 1.82) is 0 Å². The van der Waals surface area contributed by atoms with Crippen molar-refractivity contribution in [1.82, 2.24) is 0 Å². The molecule has 0 aliphatic carbocycles. The average molecular weight is 221 g/mol. The van der Waals surface area contributed by atoms with Crippen LogP contribution < -0.4 is 10.5 Å². The number of rotatable bonds is 5. The Balaban J connectivity index is 2.74. The molecule has 0 saturated carbocycles. The van der Waals surface area contributed by atoms with Crippen LogP contribution in [-0.2, 0) is 0 Å². The molecule has 1 aromatic rings. The summed E-state index contributed by atoms with van der Waals surface area (Å²) in [6, 6.07) is 8.21. The van der Waals surface area contributed by atoms with Crippen molar-refractivity contribution in [2.45, 2.75) is 33.6 Å². The quantitative estimate of drug-likeness (QED) is 0.829. The van der Waals surface area contributed by atoms with E-state index in [1.54, 1.807) is 0 Å². The molecule has 2 nitrogen and oxygen atoms in total. The van der Waals surface area contributed by atoms with Gasteiger partial charge < -0.3 is 10.5 Å². The minimum absolute atomic E-state index is 0.0318. The third-order valence-electron chi connectivity index (χ3n) is 2.71. The smallest absolute Gasteiger partial charge is 0.122 e. The summed E-state index contributed by atoms with van der Waals surface area (Å²) in [7, 11) is 0. The van der Waals surface area contributed by atoms with Crippen LogP contribution in [0.2, 0.25) is 0 Å². The summed E-state index contributed by atoms with van der Waals surface area (Å²) in [6.07, 6.45) is 0. The van der Waals surface area contributed by atoms with E-state index in [1.165, 1.54) is 5.56 Å². The topological polar surface area (TPSA) is 35.2 Å². The molecule has 0 radical (unpaired) electrons. The van der Waals surface area contributed by atoms with Crippen molar-refractivity contribution in [3.05, 3.63) is 29.8 Å². The fraction of sp³-hybridized carbons (Fsp3) is 0.571. The van der Waals surface area contributed by atoms with E-state index in [2.05, 4.69) is 39.8 Å². The molecule has 16 heavy (non-hydrogen) atoms. The van der Waals surface area contributed by atoms with Gasteiger partial charge in [-0.15, -0.1) is 0 Å². The van der Waals surface area contributed by atoms with E-state index in [4.69, 9.17) is 10.5 Å². The fourth-order valence-electron chi connectivity index (χ4n) is 1.42. The van der Waals surface area contributed by atoms with Gasteiger partial charge in [-0.1, -0.05) is 45.9 Å². The fourth-order valence-corrected chi connectivity index (χ4v) is 1.42. The highest BCUT2D eigenvalue weighted by molar-refractivity contribution is 5.35. The molecule has 0 spiro atoms. The predicted octanol–water partition coefficient (Wildman–Crippen LogP) is 3.17. The van der Waals surface area contributed by atoms with Crippen LogP contribution in [0.15, 0.2) is 24.3 Å². The molecule has 0 fully saturated rings. The Morgan fingerprint density at radius 1 is 1.25 bits per heavy atom. The Morgan fingerprint density at radius 3 is 2.44 bits per heavy atom. The second-order valence-corrected chi connectivity index (χ2v) is 5.35. The van der Waals surface area contributed by atoms with Gasteiger partial charge in [-0.25, -0.2) is 0 Å². The molecule has 2 heteroatoms. The first-order chi connectivity index (χ1) is 7.46. The van der Waals surface area contributed by atoms with Gasteiger partial charge in [0.2, 0.25) is 0 Å². The highest BCUT2D eigenvalue weighted by Gasteiger charge is 2.17. The lowest BCUT2D eigenvalue weighted by Gasteiger charge is -2.24. The zero-order valence-electron chi connectivity index (χ0n) is 10.8. The molecule has 0 amide bonds. The maximum absolute atomic E-state index is 5.87. The number of benzene rings is 1. The molecule has 0 atom stereocenters. The minimum atomic E-state index is 0.0318. The Morgan fingerprint density at radius 2 is 1.88 bits per heavy atom. The highest BCUT2D eigenvalue weighted by Crippen LogP contribution is 2.27. The Labute approximate surface area is 98.8 Å². The molecular weight excluding hydrogens is 198 g/mol. The highest BCUT2D eigenvalue weighted by atomic mass is 16.5. The maximum atomic E-state index is 5.87. The van der Waals surface area contributed by atoms with Crippen molar-refractivity contribution >= 4 is 0 Å². The summed E-state index contributed by atoms with van der Waals surface area (Å²) in [5, 5.41) is 0. The van der Waals surface area contributed by atoms with Gasteiger partial charge in [0.05, 0.1) is 6.61 Å². The van der Waals surface area contributed by atoms with E-state index in [0.29, 0.717) is 19.1 Å². The van der Waals surface area contributed by atoms with Gasteiger partial charge in [-0.05, 0) is 17.5 Å². The molecule has 0 aliphatic heterocycles. The number of para-hydroxylation sites is 1. The zero-order valence-corrected chi connectivity index (χ0v) is 10.8. The lowest BCUT2D eigenvalue weighted by atomic mass is 9.95. The van der Waals surface area contributed by atoms with E-state index < -0.39 is 0 Å². The lowest BCUT2D eigenvalue weighted by Crippen LogP contribution is -2.30. The van der Waals surface area contributed by atoms with Gasteiger partial charge in [-0.3, -0.25) is 0 Å². The second kappa shape index (κ2) is 5.35. The second-order valence-electron chi connectivity index (χ2n) is 5.35.